The fourth-order valence-electron chi connectivity index (χ4n) is 2.42. The first-order valence-corrected chi connectivity index (χ1v) is 7.33. The molecule has 2 aromatic carbocycles. The number of allylic oxidation sites excluding steroid dienone is 1. The molecule has 124 valence electrons. The van der Waals surface area contributed by atoms with E-state index in [1.54, 1.807) is 19.1 Å². The first-order valence-electron chi connectivity index (χ1n) is 7.33. The average Bonchev–Trinajstić information content (AvgIpc) is 2.56. The van der Waals surface area contributed by atoms with E-state index in [-0.39, 0.29) is 6.42 Å². The Kier molecular flexibility index (Phi) is 5.42. The number of aliphatic hydroxyl groups excluding tert-OH is 1. The van der Waals surface area contributed by atoms with E-state index >= 15 is 0 Å². The Morgan fingerprint density at radius 2 is 1.67 bits per heavy atom. The smallest absolute Gasteiger partial charge is 0.388 e. The monoisotopic (exact) mass is 331 g/mol. The van der Waals surface area contributed by atoms with Gasteiger partial charge in [-0.05, 0) is 36.6 Å². The van der Waals surface area contributed by atoms with Crippen LogP contribution in [0.2, 0.25) is 0 Å². The van der Waals surface area contributed by atoms with Crippen LogP contribution in [0.3, 0.4) is 0 Å². The third-order valence-corrected chi connectivity index (χ3v) is 3.72. The quantitative estimate of drug-likeness (QED) is 0.790. The van der Waals surface area contributed by atoms with E-state index in [0.717, 1.165) is 17.7 Å². The van der Waals surface area contributed by atoms with Crippen molar-refractivity contribution in [3.05, 3.63) is 76.9 Å². The van der Waals surface area contributed by atoms with Crippen molar-refractivity contribution in [2.24, 2.45) is 0 Å². The Morgan fingerprint density at radius 3 is 2.17 bits per heavy atom. The molecule has 0 aliphatic rings. The molecule has 1 N–H and O–H groups in total. The van der Waals surface area contributed by atoms with Crippen LogP contribution in [0.4, 0.5) is 13.2 Å². The predicted molar refractivity (Wildman–Crippen MR) is 85.7 cm³/mol. The number of halogens is 3. The van der Waals surface area contributed by atoms with Crippen molar-refractivity contribution < 1.29 is 18.3 Å². The highest BCUT2D eigenvalue weighted by atomic mass is 19.4. The molecule has 24 heavy (non-hydrogen) atoms. The van der Waals surface area contributed by atoms with Gasteiger partial charge in [-0.1, -0.05) is 48.0 Å². The third-order valence-electron chi connectivity index (χ3n) is 3.72. The van der Waals surface area contributed by atoms with Crippen LogP contribution < -0.4 is 0 Å². The maximum absolute atomic E-state index is 12.6. The van der Waals surface area contributed by atoms with E-state index in [2.05, 4.69) is 6.07 Å². The molecule has 2 rings (SSSR count). The Hall–Kier alpha value is -2.58. The molecule has 0 heterocycles. The molecule has 0 saturated heterocycles. The number of hydrogen-bond donors (Lipinski definition) is 1. The molecule has 0 bridgehead atoms. The molecule has 2 aromatic rings. The SMILES string of the molecule is C/C(CC(O)c1ccc(C(F)(F)F)cc1)=C(\C#N)c1ccccc1. The zero-order chi connectivity index (χ0) is 17.7. The van der Waals surface area contributed by atoms with Gasteiger partial charge in [0, 0.05) is 0 Å². The molecule has 5 heteroatoms. The molecule has 1 atom stereocenters. The minimum Gasteiger partial charge on any atom is -0.388 e. The Morgan fingerprint density at radius 1 is 1.08 bits per heavy atom. The molecule has 0 saturated carbocycles. The van der Waals surface area contributed by atoms with Crippen molar-refractivity contribution in [2.75, 3.05) is 0 Å². The fourth-order valence-corrected chi connectivity index (χ4v) is 2.42. The van der Waals surface area contributed by atoms with E-state index < -0.39 is 17.8 Å². The van der Waals surface area contributed by atoms with Crippen molar-refractivity contribution in [1.29, 1.82) is 5.26 Å². The Balaban J connectivity index is 2.20. The molecular formula is C19H16F3NO. The first-order chi connectivity index (χ1) is 11.3. The van der Waals surface area contributed by atoms with Crippen molar-refractivity contribution >= 4 is 5.57 Å². The number of hydrogen-bond acceptors (Lipinski definition) is 2. The van der Waals surface area contributed by atoms with Gasteiger partial charge in [0.2, 0.25) is 0 Å². The summed E-state index contributed by atoms with van der Waals surface area (Å²) in [5.74, 6) is 0. The van der Waals surface area contributed by atoms with Crippen LogP contribution in [-0.4, -0.2) is 5.11 Å². The highest BCUT2D eigenvalue weighted by Gasteiger charge is 2.30. The summed E-state index contributed by atoms with van der Waals surface area (Å²) in [6.45, 7) is 1.73. The van der Waals surface area contributed by atoms with Crippen LogP contribution in [0.5, 0.6) is 0 Å². The van der Waals surface area contributed by atoms with Crippen LogP contribution in [0, 0.1) is 11.3 Å². The molecule has 0 radical (unpaired) electrons. The summed E-state index contributed by atoms with van der Waals surface area (Å²) in [6, 6.07) is 15.6. The lowest BCUT2D eigenvalue weighted by atomic mass is 9.95. The lowest BCUT2D eigenvalue weighted by Gasteiger charge is -2.14. The van der Waals surface area contributed by atoms with E-state index in [9.17, 15) is 23.5 Å². The van der Waals surface area contributed by atoms with E-state index in [1.165, 1.54) is 12.1 Å². The van der Waals surface area contributed by atoms with Crippen LogP contribution in [0.1, 0.15) is 36.1 Å². The summed E-state index contributed by atoms with van der Waals surface area (Å²) >= 11 is 0. The maximum Gasteiger partial charge on any atom is 0.416 e. The summed E-state index contributed by atoms with van der Waals surface area (Å²) in [5, 5.41) is 19.6. The van der Waals surface area contributed by atoms with Gasteiger partial charge in [-0.25, -0.2) is 0 Å². The molecule has 0 amide bonds. The highest BCUT2D eigenvalue weighted by Crippen LogP contribution is 2.31. The molecule has 0 aliphatic carbocycles. The molecule has 2 nitrogen and oxygen atoms in total. The second-order valence-electron chi connectivity index (χ2n) is 5.47. The van der Waals surface area contributed by atoms with E-state index in [4.69, 9.17) is 0 Å². The normalized spacial score (nSPS) is 13.8. The number of nitrogens with zero attached hydrogens (tertiary/aromatic N) is 1. The van der Waals surface area contributed by atoms with Gasteiger partial charge in [-0.15, -0.1) is 0 Å². The number of rotatable bonds is 4. The number of aliphatic hydroxyl groups is 1. The highest BCUT2D eigenvalue weighted by molar-refractivity contribution is 5.79. The van der Waals surface area contributed by atoms with Gasteiger partial charge in [0.1, 0.15) is 0 Å². The third kappa shape index (κ3) is 4.24. The summed E-state index contributed by atoms with van der Waals surface area (Å²) < 4.78 is 37.7. The van der Waals surface area contributed by atoms with Gasteiger partial charge < -0.3 is 5.11 Å². The lowest BCUT2D eigenvalue weighted by molar-refractivity contribution is -0.137. The summed E-state index contributed by atoms with van der Waals surface area (Å²) in [6.07, 6.45) is -5.21. The molecular weight excluding hydrogens is 315 g/mol. The van der Waals surface area contributed by atoms with Crippen LogP contribution in [0.15, 0.2) is 60.2 Å². The van der Waals surface area contributed by atoms with Crippen LogP contribution >= 0.6 is 0 Å². The number of benzene rings is 2. The van der Waals surface area contributed by atoms with E-state index in [0.29, 0.717) is 16.7 Å². The van der Waals surface area contributed by atoms with E-state index in [1.807, 2.05) is 18.2 Å². The standard InChI is InChI=1S/C19H16F3NO/c1-13(17(12-23)14-5-3-2-4-6-14)11-18(24)15-7-9-16(10-8-15)19(20,21)22/h2-10,18,24H,11H2,1H3/b17-13-. The van der Waals surface area contributed by atoms with Gasteiger partial charge in [0.15, 0.2) is 0 Å². The lowest BCUT2D eigenvalue weighted by Crippen LogP contribution is -2.06. The molecule has 0 fully saturated rings. The zero-order valence-corrected chi connectivity index (χ0v) is 13.0. The van der Waals surface area contributed by atoms with Gasteiger partial charge in [-0.2, -0.15) is 18.4 Å². The largest absolute Gasteiger partial charge is 0.416 e. The zero-order valence-electron chi connectivity index (χ0n) is 13.0. The van der Waals surface area contributed by atoms with Crippen LogP contribution in [0.25, 0.3) is 5.57 Å². The van der Waals surface area contributed by atoms with Gasteiger partial charge in [-0.3, -0.25) is 0 Å². The Labute approximate surface area is 138 Å². The summed E-state index contributed by atoms with van der Waals surface area (Å²) in [4.78, 5) is 0. The molecule has 0 aromatic heterocycles. The van der Waals surface area contributed by atoms with Crippen molar-refractivity contribution in [3.63, 3.8) is 0 Å². The molecule has 0 spiro atoms. The first kappa shape index (κ1) is 17.8. The summed E-state index contributed by atoms with van der Waals surface area (Å²) in [7, 11) is 0. The second kappa shape index (κ2) is 7.33. The second-order valence-corrected chi connectivity index (χ2v) is 5.47. The number of alkyl halides is 3. The van der Waals surface area contributed by atoms with Crippen molar-refractivity contribution in [3.8, 4) is 6.07 Å². The van der Waals surface area contributed by atoms with Crippen LogP contribution in [-0.2, 0) is 6.18 Å². The number of nitriles is 1. The van der Waals surface area contributed by atoms with Gasteiger partial charge in [0.25, 0.3) is 0 Å². The van der Waals surface area contributed by atoms with Gasteiger partial charge >= 0.3 is 6.18 Å². The minimum atomic E-state index is -4.40. The molecule has 1 unspecified atom stereocenters. The topological polar surface area (TPSA) is 44.0 Å². The molecule has 0 aliphatic heterocycles. The fraction of sp³-hybridized carbons (Fsp3) is 0.211. The van der Waals surface area contributed by atoms with Gasteiger partial charge in [0.05, 0.1) is 23.3 Å². The van der Waals surface area contributed by atoms with Crippen molar-refractivity contribution in [1.82, 2.24) is 0 Å². The predicted octanol–water partition coefficient (Wildman–Crippen LogP) is 5.13. The summed E-state index contributed by atoms with van der Waals surface area (Å²) in [5.41, 5.74) is 1.51. The van der Waals surface area contributed by atoms with Crippen molar-refractivity contribution in [2.45, 2.75) is 25.6 Å². The average molecular weight is 331 g/mol. The minimum absolute atomic E-state index is 0.170. The Bertz CT molecular complexity index is 756. The maximum atomic E-state index is 12.6.